The van der Waals surface area contributed by atoms with E-state index in [2.05, 4.69) is 29.8 Å². The normalized spacial score (nSPS) is 22.7. The Bertz CT molecular complexity index is 1100. The zero-order valence-electron chi connectivity index (χ0n) is 16.9. The first-order valence-electron chi connectivity index (χ1n) is 9.72. The van der Waals surface area contributed by atoms with Crippen LogP contribution in [0.2, 0.25) is 10.0 Å². The topological polar surface area (TPSA) is 49.7 Å². The van der Waals surface area contributed by atoms with Gasteiger partial charge in [-0.1, -0.05) is 49.2 Å². The lowest BCUT2D eigenvalue weighted by molar-refractivity contribution is -0.124. The lowest BCUT2D eigenvalue weighted by Gasteiger charge is -2.41. The molecule has 1 saturated carbocycles. The predicted molar refractivity (Wildman–Crippen MR) is 125 cm³/mol. The molecular weight excluding hydrogens is 487 g/mol. The van der Waals surface area contributed by atoms with Crippen LogP contribution in [0.1, 0.15) is 45.2 Å². The number of hydrogen-bond acceptors (Lipinski definition) is 3. The number of ketones is 1. The second-order valence-corrected chi connectivity index (χ2v) is 10.4. The Balaban J connectivity index is 2.04. The van der Waals surface area contributed by atoms with Gasteiger partial charge in [-0.05, 0) is 57.6 Å². The molecule has 1 aliphatic heterocycles. The van der Waals surface area contributed by atoms with Gasteiger partial charge >= 0.3 is 0 Å². The molecule has 1 aliphatic carbocycles. The summed E-state index contributed by atoms with van der Waals surface area (Å²) < 4.78 is 0.736. The van der Waals surface area contributed by atoms with Crippen LogP contribution in [0.25, 0.3) is 0 Å². The lowest BCUT2D eigenvalue weighted by Crippen LogP contribution is -2.47. The highest BCUT2D eigenvalue weighted by Crippen LogP contribution is 2.51. The minimum atomic E-state index is -0.602. The highest BCUT2D eigenvalue weighted by molar-refractivity contribution is 9.10. The van der Waals surface area contributed by atoms with Crippen molar-refractivity contribution < 1.29 is 9.59 Å². The van der Waals surface area contributed by atoms with Gasteiger partial charge in [0.1, 0.15) is 5.78 Å². The maximum absolute atomic E-state index is 13.5. The number of nitrogens with zero attached hydrogens (tertiary/aromatic N) is 2. The van der Waals surface area contributed by atoms with Crippen LogP contribution in [0, 0.1) is 11.3 Å². The lowest BCUT2D eigenvalue weighted by atomic mass is 9.68. The van der Waals surface area contributed by atoms with E-state index in [-0.39, 0.29) is 17.1 Å². The first kappa shape index (κ1) is 21.5. The van der Waals surface area contributed by atoms with Crippen molar-refractivity contribution in [2.75, 3.05) is 4.90 Å². The third kappa shape index (κ3) is 3.72. The van der Waals surface area contributed by atoms with Crippen molar-refractivity contribution in [1.82, 2.24) is 0 Å². The number of carbonyl (C=O) groups excluding carboxylic acids is 2. The number of fused-ring (bicyclic) bond motifs is 2. The van der Waals surface area contributed by atoms with Gasteiger partial charge in [0.25, 0.3) is 0 Å². The average molecular weight is 508 g/mol. The monoisotopic (exact) mass is 506 g/mol. The summed E-state index contributed by atoms with van der Waals surface area (Å²) in [5.74, 6) is -0.690. The van der Waals surface area contributed by atoms with Crippen molar-refractivity contribution >= 4 is 67.9 Å². The van der Waals surface area contributed by atoms with Crippen molar-refractivity contribution in [3.05, 3.63) is 56.5 Å². The van der Waals surface area contributed by atoms with Crippen molar-refractivity contribution in [2.45, 2.75) is 39.7 Å². The molecule has 0 spiro atoms. The smallest absolute Gasteiger partial charge is 0.224 e. The van der Waals surface area contributed by atoms with E-state index < -0.39 is 12.0 Å². The Labute approximate surface area is 194 Å². The van der Waals surface area contributed by atoms with Crippen molar-refractivity contribution in [3.8, 4) is 0 Å². The first-order valence-corrected chi connectivity index (χ1v) is 11.3. The molecule has 1 amide bonds. The standard InChI is InChI=1S/C23H21BrCl2N2O2/c1-12(29)28-21(14-8-7-13(25)9-16(14)26)20-18(10-23(2,3)11-19(20)30)27-17-6-4-5-15(24)22(17)28/h4-9,20-21H,10-11H2,1-3H3. The predicted octanol–water partition coefficient (Wildman–Crippen LogP) is 6.94. The molecule has 1 heterocycles. The van der Waals surface area contributed by atoms with Crippen LogP contribution in [-0.2, 0) is 9.59 Å². The molecule has 0 N–H and O–H groups in total. The van der Waals surface area contributed by atoms with Gasteiger partial charge in [0.2, 0.25) is 5.91 Å². The maximum Gasteiger partial charge on any atom is 0.224 e. The minimum Gasteiger partial charge on any atom is -0.301 e. The second kappa shape index (κ2) is 7.77. The van der Waals surface area contributed by atoms with Gasteiger partial charge in [-0.2, -0.15) is 0 Å². The van der Waals surface area contributed by atoms with E-state index in [1.54, 1.807) is 23.1 Å². The number of para-hydroxylation sites is 1. The molecule has 0 bridgehead atoms. The van der Waals surface area contributed by atoms with Crippen LogP contribution in [0.5, 0.6) is 0 Å². The molecule has 2 aromatic rings. The third-order valence-corrected chi connectivity index (χ3v) is 6.91. The maximum atomic E-state index is 13.5. The van der Waals surface area contributed by atoms with Gasteiger partial charge in [0.15, 0.2) is 0 Å². The second-order valence-electron chi connectivity index (χ2n) is 8.67. The molecule has 156 valence electrons. The Morgan fingerprint density at radius 3 is 2.60 bits per heavy atom. The van der Waals surface area contributed by atoms with Gasteiger partial charge in [0.05, 0.1) is 23.3 Å². The molecule has 2 aliphatic rings. The summed E-state index contributed by atoms with van der Waals surface area (Å²) in [7, 11) is 0. The number of rotatable bonds is 1. The summed E-state index contributed by atoms with van der Waals surface area (Å²) in [6, 6.07) is 10.2. The summed E-state index contributed by atoms with van der Waals surface area (Å²) in [6.45, 7) is 5.65. The molecule has 7 heteroatoms. The number of hydrogen-bond donors (Lipinski definition) is 0. The molecule has 0 aromatic heterocycles. The highest BCUT2D eigenvalue weighted by Gasteiger charge is 2.48. The van der Waals surface area contributed by atoms with E-state index in [1.165, 1.54) is 6.92 Å². The molecule has 0 saturated heterocycles. The molecule has 4 rings (SSSR count). The average Bonchev–Trinajstić information content (AvgIpc) is 2.75. The Kier molecular flexibility index (Phi) is 5.58. The molecular formula is C23H21BrCl2N2O2. The van der Waals surface area contributed by atoms with Crippen LogP contribution in [-0.4, -0.2) is 17.4 Å². The Morgan fingerprint density at radius 1 is 1.20 bits per heavy atom. The molecule has 1 fully saturated rings. The summed E-state index contributed by atoms with van der Waals surface area (Å²) in [5, 5.41) is 0.921. The summed E-state index contributed by atoms with van der Waals surface area (Å²) >= 11 is 16.3. The molecule has 2 aromatic carbocycles. The number of anilines is 1. The van der Waals surface area contributed by atoms with Gasteiger partial charge in [0, 0.05) is 33.6 Å². The van der Waals surface area contributed by atoms with Crippen molar-refractivity contribution in [1.29, 1.82) is 0 Å². The van der Waals surface area contributed by atoms with Crippen LogP contribution >= 0.6 is 39.1 Å². The van der Waals surface area contributed by atoms with Gasteiger partial charge in [-0.15, -0.1) is 0 Å². The molecule has 30 heavy (non-hydrogen) atoms. The number of Topliss-reactive ketones (excluding diaryl/α,β-unsaturated/α-hetero) is 1. The number of aliphatic imine (C=N–C) groups is 1. The summed E-state index contributed by atoms with van der Waals surface area (Å²) in [4.78, 5) is 33.1. The van der Waals surface area contributed by atoms with Gasteiger partial charge in [-0.3, -0.25) is 14.6 Å². The van der Waals surface area contributed by atoms with E-state index in [0.717, 1.165) is 10.2 Å². The quantitative estimate of drug-likeness (QED) is 0.419. The van der Waals surface area contributed by atoms with Crippen LogP contribution < -0.4 is 4.90 Å². The van der Waals surface area contributed by atoms with Crippen LogP contribution in [0.4, 0.5) is 11.4 Å². The number of halogens is 3. The number of amides is 1. The van der Waals surface area contributed by atoms with E-state index in [4.69, 9.17) is 28.2 Å². The van der Waals surface area contributed by atoms with Gasteiger partial charge in [-0.25, -0.2) is 0 Å². The fourth-order valence-corrected chi connectivity index (χ4v) is 5.65. The fraction of sp³-hybridized carbons (Fsp3) is 0.348. The zero-order valence-corrected chi connectivity index (χ0v) is 20.0. The Hall–Kier alpha value is -1.69. The molecule has 4 nitrogen and oxygen atoms in total. The summed E-state index contributed by atoms with van der Waals surface area (Å²) in [5.41, 5.74) is 2.59. The first-order chi connectivity index (χ1) is 14.1. The van der Waals surface area contributed by atoms with E-state index in [9.17, 15) is 9.59 Å². The fourth-order valence-electron chi connectivity index (χ4n) is 4.59. The summed E-state index contributed by atoms with van der Waals surface area (Å²) in [6.07, 6.45) is 1.09. The molecule has 0 radical (unpaired) electrons. The SMILES string of the molecule is CC(=O)N1c2c(Br)cccc2N=C2CC(C)(C)CC(=O)C2C1c1ccc(Cl)cc1Cl. The van der Waals surface area contributed by atoms with Gasteiger partial charge < -0.3 is 4.90 Å². The molecule has 2 unspecified atom stereocenters. The largest absolute Gasteiger partial charge is 0.301 e. The van der Waals surface area contributed by atoms with E-state index >= 15 is 0 Å². The third-order valence-electron chi connectivity index (χ3n) is 5.70. The van der Waals surface area contributed by atoms with Crippen LogP contribution in [0.3, 0.4) is 0 Å². The number of carbonyl (C=O) groups is 2. The highest BCUT2D eigenvalue weighted by atomic mass is 79.9. The molecule has 2 atom stereocenters. The Morgan fingerprint density at radius 2 is 1.93 bits per heavy atom. The zero-order chi connectivity index (χ0) is 21.8. The van der Waals surface area contributed by atoms with Crippen LogP contribution in [0.15, 0.2) is 45.9 Å². The van der Waals surface area contributed by atoms with Crippen molar-refractivity contribution in [3.63, 3.8) is 0 Å². The van der Waals surface area contributed by atoms with Crippen molar-refractivity contribution in [2.24, 2.45) is 16.3 Å². The van der Waals surface area contributed by atoms with E-state index in [0.29, 0.717) is 39.8 Å². The minimum absolute atomic E-state index is 0.0659. The van der Waals surface area contributed by atoms with E-state index in [1.807, 2.05) is 18.2 Å². The number of benzene rings is 2.